The summed E-state index contributed by atoms with van der Waals surface area (Å²) in [6.45, 7) is 1.04. The molecule has 2 N–H and O–H groups in total. The Morgan fingerprint density at radius 1 is 1.43 bits per heavy atom. The van der Waals surface area contributed by atoms with Crippen molar-refractivity contribution < 1.29 is 4.79 Å². The molecular weight excluding hydrogens is 176 g/mol. The maximum Gasteiger partial charge on any atom is 0.236 e. The predicted molar refractivity (Wildman–Crippen MR) is 55.1 cm³/mol. The lowest BCUT2D eigenvalue weighted by Gasteiger charge is -2.23. The average Bonchev–Trinajstić information content (AvgIpc) is 2.17. The fourth-order valence-corrected chi connectivity index (χ4v) is 1.61. The van der Waals surface area contributed by atoms with Gasteiger partial charge in [-0.05, 0) is 17.2 Å². The highest BCUT2D eigenvalue weighted by atomic mass is 16.1. The summed E-state index contributed by atoms with van der Waals surface area (Å²) in [7, 11) is 0. The molecule has 0 atom stereocenters. The number of benzene rings is 1. The highest BCUT2D eigenvalue weighted by molar-refractivity contribution is 5.76. The SMILES string of the molecule is NC(=O)CN1C=Cc2ccccc2C1. The summed E-state index contributed by atoms with van der Waals surface area (Å²) in [5.41, 5.74) is 7.58. The summed E-state index contributed by atoms with van der Waals surface area (Å²) in [5.74, 6) is -0.297. The van der Waals surface area contributed by atoms with Gasteiger partial charge < -0.3 is 10.6 Å². The Bertz CT molecular complexity index is 385. The van der Waals surface area contributed by atoms with Crippen molar-refractivity contribution in [2.24, 2.45) is 5.73 Å². The fourth-order valence-electron chi connectivity index (χ4n) is 1.61. The molecule has 1 aliphatic rings. The number of primary amides is 1. The summed E-state index contributed by atoms with van der Waals surface area (Å²) >= 11 is 0. The van der Waals surface area contributed by atoms with Crippen LogP contribution in [-0.2, 0) is 11.3 Å². The summed E-state index contributed by atoms with van der Waals surface area (Å²) in [5, 5.41) is 0. The summed E-state index contributed by atoms with van der Waals surface area (Å²) in [4.78, 5) is 12.6. The zero-order chi connectivity index (χ0) is 9.97. The molecule has 1 aliphatic heterocycles. The van der Waals surface area contributed by atoms with Gasteiger partial charge in [0.15, 0.2) is 0 Å². The van der Waals surface area contributed by atoms with Crippen molar-refractivity contribution in [3.63, 3.8) is 0 Å². The van der Waals surface area contributed by atoms with Crippen molar-refractivity contribution in [2.45, 2.75) is 6.54 Å². The first-order valence-corrected chi connectivity index (χ1v) is 4.54. The van der Waals surface area contributed by atoms with Gasteiger partial charge in [0.2, 0.25) is 5.91 Å². The van der Waals surface area contributed by atoms with Crippen molar-refractivity contribution in [1.29, 1.82) is 0 Å². The van der Waals surface area contributed by atoms with Gasteiger partial charge in [0, 0.05) is 12.7 Å². The van der Waals surface area contributed by atoms with Crippen LogP contribution < -0.4 is 5.73 Å². The quantitative estimate of drug-likeness (QED) is 0.751. The first kappa shape index (κ1) is 8.81. The van der Waals surface area contributed by atoms with Gasteiger partial charge in [-0.25, -0.2) is 0 Å². The van der Waals surface area contributed by atoms with E-state index in [1.165, 1.54) is 11.1 Å². The third-order valence-corrected chi connectivity index (χ3v) is 2.25. The number of carbonyl (C=O) groups is 1. The van der Waals surface area contributed by atoms with Crippen molar-refractivity contribution in [2.75, 3.05) is 6.54 Å². The molecule has 3 heteroatoms. The minimum Gasteiger partial charge on any atom is -0.368 e. The maximum absolute atomic E-state index is 10.7. The number of carbonyl (C=O) groups excluding carboxylic acids is 1. The van der Waals surface area contributed by atoms with Crippen LogP contribution in [0.5, 0.6) is 0 Å². The Kier molecular flexibility index (Phi) is 2.23. The standard InChI is InChI=1S/C11H12N2O/c12-11(14)8-13-6-5-9-3-1-2-4-10(9)7-13/h1-6H,7-8H2,(H2,12,14). The van der Waals surface area contributed by atoms with Crippen molar-refractivity contribution in [1.82, 2.24) is 4.90 Å². The largest absolute Gasteiger partial charge is 0.368 e. The third kappa shape index (κ3) is 1.76. The number of nitrogens with zero attached hydrogens (tertiary/aromatic N) is 1. The average molecular weight is 188 g/mol. The molecular formula is C11H12N2O. The topological polar surface area (TPSA) is 46.3 Å². The van der Waals surface area contributed by atoms with Crippen LogP contribution >= 0.6 is 0 Å². The Morgan fingerprint density at radius 2 is 2.21 bits per heavy atom. The van der Waals surface area contributed by atoms with E-state index in [9.17, 15) is 4.79 Å². The first-order chi connectivity index (χ1) is 6.75. The normalized spacial score (nSPS) is 13.9. The number of hydrogen-bond acceptors (Lipinski definition) is 2. The van der Waals surface area contributed by atoms with Gasteiger partial charge in [-0.1, -0.05) is 24.3 Å². The van der Waals surface area contributed by atoms with Crippen LogP contribution in [0.15, 0.2) is 30.5 Å². The lowest BCUT2D eigenvalue weighted by molar-refractivity contribution is -0.118. The van der Waals surface area contributed by atoms with Gasteiger partial charge in [-0.3, -0.25) is 4.79 Å². The number of hydrogen-bond donors (Lipinski definition) is 1. The number of amides is 1. The summed E-state index contributed by atoms with van der Waals surface area (Å²) in [6.07, 6.45) is 3.91. The number of rotatable bonds is 2. The van der Waals surface area contributed by atoms with E-state index in [0.29, 0.717) is 0 Å². The van der Waals surface area contributed by atoms with E-state index in [-0.39, 0.29) is 12.5 Å². The molecule has 0 fully saturated rings. The molecule has 0 radical (unpaired) electrons. The van der Waals surface area contributed by atoms with E-state index in [1.807, 2.05) is 29.3 Å². The van der Waals surface area contributed by atoms with E-state index in [2.05, 4.69) is 12.1 Å². The van der Waals surface area contributed by atoms with Crippen LogP contribution in [-0.4, -0.2) is 17.4 Å². The lowest BCUT2D eigenvalue weighted by Crippen LogP contribution is -2.30. The van der Waals surface area contributed by atoms with Gasteiger partial charge in [-0.15, -0.1) is 0 Å². The highest BCUT2D eigenvalue weighted by Gasteiger charge is 2.10. The minimum absolute atomic E-state index is 0.283. The van der Waals surface area contributed by atoms with E-state index in [0.717, 1.165) is 6.54 Å². The molecule has 14 heavy (non-hydrogen) atoms. The van der Waals surface area contributed by atoms with Gasteiger partial charge in [0.1, 0.15) is 0 Å². The third-order valence-electron chi connectivity index (χ3n) is 2.25. The molecule has 72 valence electrons. The second-order valence-electron chi connectivity index (χ2n) is 3.39. The molecule has 1 heterocycles. The molecule has 2 rings (SSSR count). The number of nitrogens with two attached hydrogens (primary N) is 1. The maximum atomic E-state index is 10.7. The minimum atomic E-state index is -0.297. The van der Waals surface area contributed by atoms with E-state index >= 15 is 0 Å². The van der Waals surface area contributed by atoms with E-state index < -0.39 is 0 Å². The van der Waals surface area contributed by atoms with Gasteiger partial charge in [-0.2, -0.15) is 0 Å². The Hall–Kier alpha value is -1.77. The first-order valence-electron chi connectivity index (χ1n) is 4.54. The molecule has 0 aromatic heterocycles. The molecule has 1 amide bonds. The Labute approximate surface area is 82.8 Å². The van der Waals surface area contributed by atoms with Crippen molar-refractivity contribution in [3.05, 3.63) is 41.6 Å². The highest BCUT2D eigenvalue weighted by Crippen LogP contribution is 2.18. The van der Waals surface area contributed by atoms with Crippen LogP contribution in [0.3, 0.4) is 0 Å². The molecule has 1 aromatic carbocycles. The zero-order valence-electron chi connectivity index (χ0n) is 7.81. The molecule has 3 nitrogen and oxygen atoms in total. The van der Waals surface area contributed by atoms with E-state index in [4.69, 9.17) is 5.73 Å². The molecule has 0 saturated carbocycles. The molecule has 0 saturated heterocycles. The van der Waals surface area contributed by atoms with Crippen LogP contribution in [0.1, 0.15) is 11.1 Å². The van der Waals surface area contributed by atoms with Crippen molar-refractivity contribution in [3.8, 4) is 0 Å². The molecule has 0 spiro atoms. The zero-order valence-corrected chi connectivity index (χ0v) is 7.81. The molecule has 1 aromatic rings. The van der Waals surface area contributed by atoms with Crippen LogP contribution in [0, 0.1) is 0 Å². The summed E-state index contributed by atoms with van der Waals surface area (Å²) in [6, 6.07) is 8.13. The molecule has 0 aliphatic carbocycles. The smallest absolute Gasteiger partial charge is 0.236 e. The summed E-state index contributed by atoms with van der Waals surface area (Å²) < 4.78 is 0. The fraction of sp³-hybridized carbons (Fsp3) is 0.182. The van der Waals surface area contributed by atoms with Gasteiger partial charge in [0.05, 0.1) is 6.54 Å². The molecule has 0 unspecified atom stereocenters. The second-order valence-corrected chi connectivity index (χ2v) is 3.39. The second kappa shape index (κ2) is 3.54. The molecule has 0 bridgehead atoms. The Morgan fingerprint density at radius 3 is 3.00 bits per heavy atom. The number of fused-ring (bicyclic) bond motifs is 1. The van der Waals surface area contributed by atoms with Gasteiger partial charge >= 0.3 is 0 Å². The van der Waals surface area contributed by atoms with E-state index in [1.54, 1.807) is 0 Å². The van der Waals surface area contributed by atoms with Crippen LogP contribution in [0.25, 0.3) is 6.08 Å². The lowest BCUT2D eigenvalue weighted by atomic mass is 10.0. The van der Waals surface area contributed by atoms with Crippen LogP contribution in [0.2, 0.25) is 0 Å². The van der Waals surface area contributed by atoms with Crippen molar-refractivity contribution >= 4 is 12.0 Å². The predicted octanol–water partition coefficient (Wildman–Crippen LogP) is 0.958. The monoisotopic (exact) mass is 188 g/mol. The van der Waals surface area contributed by atoms with Gasteiger partial charge in [0.25, 0.3) is 0 Å². The van der Waals surface area contributed by atoms with Crippen LogP contribution in [0.4, 0.5) is 0 Å². The Balaban J connectivity index is 2.17.